The van der Waals surface area contributed by atoms with Crippen LogP contribution < -0.4 is 5.32 Å². The van der Waals surface area contributed by atoms with E-state index in [-0.39, 0.29) is 5.76 Å². The highest BCUT2D eigenvalue weighted by Crippen LogP contribution is 2.27. The van der Waals surface area contributed by atoms with Gasteiger partial charge in [0.2, 0.25) is 5.76 Å². The summed E-state index contributed by atoms with van der Waals surface area (Å²) < 4.78 is 4.94. The Balaban J connectivity index is 1.88. The fourth-order valence-corrected chi connectivity index (χ4v) is 2.56. The molecule has 1 aliphatic carbocycles. The second-order valence-corrected chi connectivity index (χ2v) is 4.79. The molecule has 0 radical (unpaired) electrons. The molecule has 2 N–H and O–H groups in total. The lowest BCUT2D eigenvalue weighted by Gasteiger charge is -2.20. The van der Waals surface area contributed by atoms with Crippen molar-refractivity contribution >= 4 is 5.97 Å². The molecule has 1 heterocycles. The molecule has 1 atom stereocenters. The molecule has 4 heteroatoms. The number of rotatable bonds is 5. The van der Waals surface area contributed by atoms with Crippen LogP contribution >= 0.6 is 0 Å². The molecule has 1 unspecified atom stereocenters. The summed E-state index contributed by atoms with van der Waals surface area (Å²) in [5, 5.41) is 12.3. The lowest BCUT2D eigenvalue weighted by Crippen LogP contribution is -2.32. The topological polar surface area (TPSA) is 62.5 Å². The molecule has 0 bridgehead atoms. The lowest BCUT2D eigenvalue weighted by atomic mass is 9.99. The van der Waals surface area contributed by atoms with Gasteiger partial charge in [-0.1, -0.05) is 12.8 Å². The third-order valence-corrected chi connectivity index (χ3v) is 3.66. The highest BCUT2D eigenvalue weighted by molar-refractivity contribution is 5.86. The van der Waals surface area contributed by atoms with E-state index in [1.165, 1.54) is 31.9 Å². The first-order valence-corrected chi connectivity index (χ1v) is 6.21. The Morgan fingerprint density at radius 1 is 1.59 bits per heavy atom. The van der Waals surface area contributed by atoms with Crippen LogP contribution in [0.5, 0.6) is 0 Å². The number of carboxylic acid groups (broad SMARTS) is 1. The van der Waals surface area contributed by atoms with Gasteiger partial charge in [-0.15, -0.1) is 0 Å². The number of carboxylic acids is 1. The molecule has 4 nitrogen and oxygen atoms in total. The van der Waals surface area contributed by atoms with Crippen LogP contribution in [0.2, 0.25) is 0 Å². The molecular formula is C13H19NO3. The molecule has 1 fully saturated rings. The summed E-state index contributed by atoms with van der Waals surface area (Å²) in [5.74, 6) is -0.216. The molecule has 0 amide bonds. The maximum absolute atomic E-state index is 10.9. The Kier molecular flexibility index (Phi) is 3.84. The van der Waals surface area contributed by atoms with Crippen molar-refractivity contribution in [3.63, 3.8) is 0 Å². The second-order valence-electron chi connectivity index (χ2n) is 4.79. The Labute approximate surface area is 101 Å². The fraction of sp³-hybridized carbons (Fsp3) is 0.615. The van der Waals surface area contributed by atoms with Crippen LogP contribution in [0.3, 0.4) is 0 Å². The van der Waals surface area contributed by atoms with E-state index in [2.05, 4.69) is 12.2 Å². The second kappa shape index (κ2) is 5.36. The zero-order chi connectivity index (χ0) is 12.3. The predicted molar refractivity (Wildman–Crippen MR) is 63.9 cm³/mol. The van der Waals surface area contributed by atoms with Crippen LogP contribution in [0.1, 0.15) is 48.7 Å². The van der Waals surface area contributed by atoms with E-state index in [1.54, 1.807) is 6.07 Å². The molecule has 1 aromatic rings. The predicted octanol–water partition coefficient (Wildman–Crippen LogP) is 2.65. The third-order valence-electron chi connectivity index (χ3n) is 3.66. The van der Waals surface area contributed by atoms with Crippen LogP contribution in [0.4, 0.5) is 0 Å². The molecule has 0 saturated heterocycles. The molecule has 0 aromatic carbocycles. The van der Waals surface area contributed by atoms with Gasteiger partial charge in [-0.25, -0.2) is 4.79 Å². The maximum atomic E-state index is 10.9. The van der Waals surface area contributed by atoms with Gasteiger partial charge in [0.25, 0.3) is 0 Å². The van der Waals surface area contributed by atoms with Crippen LogP contribution in [0, 0.1) is 5.92 Å². The van der Waals surface area contributed by atoms with Crippen molar-refractivity contribution in [3.05, 3.63) is 23.7 Å². The summed E-state index contributed by atoms with van der Waals surface area (Å²) in [6.45, 7) is 2.74. The summed E-state index contributed by atoms with van der Waals surface area (Å²) in [4.78, 5) is 10.9. The van der Waals surface area contributed by atoms with Gasteiger partial charge in [0.15, 0.2) is 0 Å². The quantitative estimate of drug-likeness (QED) is 0.826. The highest BCUT2D eigenvalue weighted by atomic mass is 16.4. The van der Waals surface area contributed by atoms with Crippen LogP contribution in [0.15, 0.2) is 16.7 Å². The van der Waals surface area contributed by atoms with E-state index in [9.17, 15) is 4.79 Å². The first-order valence-electron chi connectivity index (χ1n) is 6.21. The first-order chi connectivity index (χ1) is 8.18. The molecule has 17 heavy (non-hydrogen) atoms. The Hall–Kier alpha value is -1.29. The standard InChI is InChI=1S/C13H19NO3/c1-9(10-4-2-3-5-10)14-8-11-6-7-17-12(11)13(15)16/h6-7,9-10,14H,2-5,8H2,1H3,(H,15,16). The Morgan fingerprint density at radius 2 is 2.29 bits per heavy atom. The van der Waals surface area contributed by atoms with E-state index in [0.29, 0.717) is 12.6 Å². The van der Waals surface area contributed by atoms with Crippen molar-refractivity contribution in [2.45, 2.75) is 45.2 Å². The number of hydrogen-bond acceptors (Lipinski definition) is 3. The van der Waals surface area contributed by atoms with Gasteiger partial charge in [0, 0.05) is 18.2 Å². The summed E-state index contributed by atoms with van der Waals surface area (Å²) in [6.07, 6.45) is 6.64. The molecule has 2 rings (SSSR count). The van der Waals surface area contributed by atoms with E-state index >= 15 is 0 Å². The Morgan fingerprint density at radius 3 is 2.94 bits per heavy atom. The minimum Gasteiger partial charge on any atom is -0.475 e. The monoisotopic (exact) mass is 237 g/mol. The summed E-state index contributed by atoms with van der Waals surface area (Å²) >= 11 is 0. The van der Waals surface area contributed by atoms with Gasteiger partial charge in [-0.05, 0) is 31.7 Å². The van der Waals surface area contributed by atoms with Crippen molar-refractivity contribution < 1.29 is 14.3 Å². The summed E-state index contributed by atoms with van der Waals surface area (Å²) in [7, 11) is 0. The SMILES string of the molecule is CC(NCc1ccoc1C(=O)O)C1CCCC1. The smallest absolute Gasteiger partial charge is 0.372 e. The number of carbonyl (C=O) groups is 1. The van der Waals surface area contributed by atoms with Gasteiger partial charge in [-0.2, -0.15) is 0 Å². The van der Waals surface area contributed by atoms with E-state index < -0.39 is 5.97 Å². The average molecular weight is 237 g/mol. The normalized spacial score (nSPS) is 18.4. The van der Waals surface area contributed by atoms with Crippen LogP contribution in [-0.4, -0.2) is 17.1 Å². The largest absolute Gasteiger partial charge is 0.475 e. The van der Waals surface area contributed by atoms with Crippen LogP contribution in [-0.2, 0) is 6.54 Å². The molecule has 1 aromatic heterocycles. The zero-order valence-corrected chi connectivity index (χ0v) is 10.1. The molecule has 1 saturated carbocycles. The number of furan rings is 1. The minimum atomic E-state index is -1.000. The number of hydrogen-bond donors (Lipinski definition) is 2. The van der Waals surface area contributed by atoms with E-state index in [4.69, 9.17) is 9.52 Å². The van der Waals surface area contributed by atoms with Gasteiger partial charge >= 0.3 is 5.97 Å². The molecule has 0 aliphatic heterocycles. The van der Waals surface area contributed by atoms with E-state index in [1.807, 2.05) is 0 Å². The molecular weight excluding hydrogens is 218 g/mol. The van der Waals surface area contributed by atoms with Crippen molar-refractivity contribution in [1.29, 1.82) is 0 Å². The van der Waals surface area contributed by atoms with Gasteiger partial charge < -0.3 is 14.8 Å². The van der Waals surface area contributed by atoms with Crippen molar-refractivity contribution in [1.82, 2.24) is 5.32 Å². The fourth-order valence-electron chi connectivity index (χ4n) is 2.56. The van der Waals surface area contributed by atoms with Crippen molar-refractivity contribution in [2.24, 2.45) is 5.92 Å². The summed E-state index contributed by atoms with van der Waals surface area (Å²) in [5.41, 5.74) is 0.724. The van der Waals surface area contributed by atoms with Gasteiger partial charge in [-0.3, -0.25) is 0 Å². The van der Waals surface area contributed by atoms with Crippen LogP contribution in [0.25, 0.3) is 0 Å². The van der Waals surface area contributed by atoms with Gasteiger partial charge in [0.1, 0.15) is 0 Å². The van der Waals surface area contributed by atoms with E-state index in [0.717, 1.165) is 11.5 Å². The Bertz CT molecular complexity index is 380. The number of nitrogens with one attached hydrogen (secondary N) is 1. The lowest BCUT2D eigenvalue weighted by molar-refractivity contribution is 0.0660. The molecule has 0 spiro atoms. The van der Waals surface area contributed by atoms with Crippen molar-refractivity contribution in [3.8, 4) is 0 Å². The maximum Gasteiger partial charge on any atom is 0.372 e. The van der Waals surface area contributed by atoms with Gasteiger partial charge in [0.05, 0.1) is 6.26 Å². The average Bonchev–Trinajstić information content (AvgIpc) is 2.96. The third kappa shape index (κ3) is 2.88. The number of aromatic carboxylic acids is 1. The minimum absolute atomic E-state index is 0.0520. The summed E-state index contributed by atoms with van der Waals surface area (Å²) in [6, 6.07) is 2.16. The zero-order valence-electron chi connectivity index (χ0n) is 10.1. The first kappa shape index (κ1) is 12.2. The molecule has 94 valence electrons. The van der Waals surface area contributed by atoms with Crippen molar-refractivity contribution in [2.75, 3.05) is 0 Å². The highest BCUT2D eigenvalue weighted by Gasteiger charge is 2.22. The molecule has 1 aliphatic rings.